The van der Waals surface area contributed by atoms with Gasteiger partial charge >= 0.3 is 0 Å². The third kappa shape index (κ3) is 6.93. The second-order valence-electron chi connectivity index (χ2n) is 6.55. The Morgan fingerprint density at radius 2 is 2.00 bits per heavy atom. The quantitative estimate of drug-likeness (QED) is 0.459. The van der Waals surface area contributed by atoms with E-state index in [9.17, 15) is 9.18 Å². The van der Waals surface area contributed by atoms with Crippen molar-refractivity contribution in [3.63, 3.8) is 0 Å². The van der Waals surface area contributed by atoms with E-state index in [1.165, 1.54) is 12.2 Å². The third-order valence-electron chi connectivity index (χ3n) is 4.29. The largest absolute Gasteiger partial charge is 0.333 e. The summed E-state index contributed by atoms with van der Waals surface area (Å²) >= 11 is 6.29. The summed E-state index contributed by atoms with van der Waals surface area (Å²) < 4.78 is 13.0. The van der Waals surface area contributed by atoms with Gasteiger partial charge in [0.05, 0.1) is 10.6 Å². The predicted octanol–water partition coefficient (Wildman–Crippen LogP) is 4.98. The summed E-state index contributed by atoms with van der Waals surface area (Å²) in [6, 6.07) is 0.0942. The summed E-state index contributed by atoms with van der Waals surface area (Å²) in [6.07, 6.45) is 9.04. The van der Waals surface area contributed by atoms with Gasteiger partial charge in [-0.05, 0) is 46.3 Å². The average Bonchev–Trinajstić information content (AvgIpc) is 2.58. The standard InChI is InChI=1S/C21H30ClFN2O/c1-6-18(23)10-8-9-11-24-12-13-25(17(5)15-24)21(26)19(7-2)20(22)14-16(3)4/h6-8,10,14,17H,3,9,11-13,15H2,1-2,4-5H3/b10-8-,18-6+,19-7+,20-14+/t17-/m0/s1. The molecule has 1 fully saturated rings. The Morgan fingerprint density at radius 3 is 2.54 bits per heavy atom. The molecule has 144 valence electrons. The molecule has 1 aliphatic heterocycles. The molecule has 3 nitrogen and oxygen atoms in total. The van der Waals surface area contributed by atoms with Crippen LogP contribution >= 0.6 is 11.6 Å². The molecule has 0 aromatic rings. The molecule has 0 bridgehead atoms. The van der Waals surface area contributed by atoms with Gasteiger partial charge in [0.2, 0.25) is 0 Å². The van der Waals surface area contributed by atoms with E-state index in [0.717, 1.165) is 31.6 Å². The van der Waals surface area contributed by atoms with Crippen molar-refractivity contribution in [2.75, 3.05) is 26.2 Å². The van der Waals surface area contributed by atoms with Crippen molar-refractivity contribution in [2.45, 2.75) is 40.2 Å². The predicted molar refractivity (Wildman–Crippen MR) is 109 cm³/mol. The van der Waals surface area contributed by atoms with Crippen LogP contribution in [0.15, 0.2) is 59.0 Å². The molecular formula is C21H30ClFN2O. The van der Waals surface area contributed by atoms with E-state index < -0.39 is 0 Å². The Balaban J connectivity index is 2.64. The van der Waals surface area contributed by atoms with Crippen LogP contribution in [0.5, 0.6) is 0 Å². The highest BCUT2D eigenvalue weighted by molar-refractivity contribution is 6.35. The summed E-state index contributed by atoms with van der Waals surface area (Å²) in [4.78, 5) is 17.0. The van der Waals surface area contributed by atoms with E-state index in [1.807, 2.05) is 31.7 Å². The highest BCUT2D eigenvalue weighted by Gasteiger charge is 2.29. The molecule has 1 atom stereocenters. The molecular weight excluding hydrogens is 351 g/mol. The first-order valence-corrected chi connectivity index (χ1v) is 9.39. The fraction of sp³-hybridized carbons (Fsp3) is 0.476. The van der Waals surface area contributed by atoms with Crippen LogP contribution in [-0.2, 0) is 4.79 Å². The monoisotopic (exact) mass is 380 g/mol. The van der Waals surface area contributed by atoms with Crippen LogP contribution in [0.4, 0.5) is 4.39 Å². The van der Waals surface area contributed by atoms with Gasteiger partial charge in [-0.15, -0.1) is 0 Å². The number of piperazine rings is 1. The lowest BCUT2D eigenvalue weighted by Crippen LogP contribution is -2.54. The Hall–Kier alpha value is -1.65. The average molecular weight is 381 g/mol. The lowest BCUT2D eigenvalue weighted by molar-refractivity contribution is -0.131. The van der Waals surface area contributed by atoms with Crippen molar-refractivity contribution >= 4 is 17.5 Å². The second kappa shape index (κ2) is 11.1. The highest BCUT2D eigenvalue weighted by Crippen LogP contribution is 2.22. The number of allylic oxidation sites excluding steroid dienone is 6. The number of carbonyl (C=O) groups is 1. The van der Waals surface area contributed by atoms with Crippen molar-refractivity contribution in [1.82, 2.24) is 9.80 Å². The summed E-state index contributed by atoms with van der Waals surface area (Å²) in [6.45, 7) is 14.3. The maximum atomic E-state index is 13.0. The molecule has 0 N–H and O–H groups in total. The Labute approximate surface area is 162 Å². The fourth-order valence-corrected chi connectivity index (χ4v) is 3.28. The molecule has 1 aliphatic rings. The zero-order chi connectivity index (χ0) is 19.7. The smallest absolute Gasteiger partial charge is 0.255 e. The lowest BCUT2D eigenvalue weighted by atomic mass is 10.1. The van der Waals surface area contributed by atoms with Crippen molar-refractivity contribution < 1.29 is 9.18 Å². The van der Waals surface area contributed by atoms with Crippen LogP contribution in [0.25, 0.3) is 0 Å². The maximum Gasteiger partial charge on any atom is 0.255 e. The second-order valence-corrected chi connectivity index (χ2v) is 6.96. The van der Waals surface area contributed by atoms with Crippen LogP contribution in [0.2, 0.25) is 0 Å². The molecule has 26 heavy (non-hydrogen) atoms. The summed E-state index contributed by atoms with van der Waals surface area (Å²) in [5.41, 5.74) is 1.32. The van der Waals surface area contributed by atoms with Gasteiger partial charge in [0.25, 0.3) is 5.91 Å². The van der Waals surface area contributed by atoms with Gasteiger partial charge in [0.1, 0.15) is 5.83 Å². The fourth-order valence-electron chi connectivity index (χ4n) is 2.90. The maximum absolute atomic E-state index is 13.0. The van der Waals surface area contributed by atoms with Crippen molar-refractivity contribution in [1.29, 1.82) is 0 Å². The molecule has 1 amide bonds. The topological polar surface area (TPSA) is 23.6 Å². The number of hydrogen-bond donors (Lipinski definition) is 0. The van der Waals surface area contributed by atoms with E-state index in [1.54, 1.807) is 19.1 Å². The van der Waals surface area contributed by atoms with Crippen LogP contribution in [0.3, 0.4) is 0 Å². The van der Waals surface area contributed by atoms with Gasteiger partial charge in [0, 0.05) is 32.2 Å². The number of carbonyl (C=O) groups excluding carboxylic acids is 1. The SMILES string of the molecule is C=C(C)/C=C(Cl)\C(=C/C)C(=O)N1CCN(CC/C=C\C(F)=C/C)C[C@@H]1C. The molecule has 0 aromatic heterocycles. The van der Waals surface area contributed by atoms with E-state index in [-0.39, 0.29) is 17.8 Å². The first kappa shape index (κ1) is 22.4. The van der Waals surface area contributed by atoms with Gasteiger partial charge in [0.15, 0.2) is 0 Å². The Kier molecular flexibility index (Phi) is 9.60. The summed E-state index contributed by atoms with van der Waals surface area (Å²) in [5, 5.41) is 0.427. The molecule has 0 aliphatic carbocycles. The molecule has 5 heteroatoms. The third-order valence-corrected chi connectivity index (χ3v) is 4.60. The minimum atomic E-state index is -0.215. The molecule has 0 saturated carbocycles. The molecule has 1 heterocycles. The molecule has 1 rings (SSSR count). The number of nitrogens with zero attached hydrogens (tertiary/aromatic N) is 2. The van der Waals surface area contributed by atoms with E-state index in [2.05, 4.69) is 11.5 Å². The minimum absolute atomic E-state index is 0.0443. The molecule has 0 aromatic carbocycles. The Bertz CT molecular complexity index is 634. The summed E-state index contributed by atoms with van der Waals surface area (Å²) in [5.74, 6) is -0.260. The number of amides is 1. The molecule has 0 unspecified atom stereocenters. The summed E-state index contributed by atoms with van der Waals surface area (Å²) in [7, 11) is 0. The van der Waals surface area contributed by atoms with Crippen molar-refractivity contribution in [2.24, 2.45) is 0 Å². The molecule has 0 spiro atoms. The van der Waals surface area contributed by atoms with E-state index >= 15 is 0 Å². The minimum Gasteiger partial charge on any atom is -0.333 e. The van der Waals surface area contributed by atoms with Gasteiger partial charge in [-0.2, -0.15) is 0 Å². The van der Waals surface area contributed by atoms with Gasteiger partial charge in [-0.25, -0.2) is 4.39 Å². The van der Waals surface area contributed by atoms with Crippen LogP contribution in [0, 0.1) is 0 Å². The lowest BCUT2D eigenvalue weighted by Gasteiger charge is -2.40. The first-order chi connectivity index (χ1) is 12.3. The molecule has 0 radical (unpaired) electrons. The van der Waals surface area contributed by atoms with E-state index in [4.69, 9.17) is 11.6 Å². The number of rotatable bonds is 7. The van der Waals surface area contributed by atoms with Gasteiger partial charge in [-0.3, -0.25) is 9.69 Å². The van der Waals surface area contributed by atoms with Crippen molar-refractivity contribution in [3.05, 3.63) is 59.0 Å². The first-order valence-electron chi connectivity index (χ1n) is 9.01. The zero-order valence-electron chi connectivity index (χ0n) is 16.3. The van der Waals surface area contributed by atoms with Gasteiger partial charge in [-0.1, -0.05) is 42.0 Å². The van der Waals surface area contributed by atoms with E-state index in [0.29, 0.717) is 17.2 Å². The van der Waals surface area contributed by atoms with Crippen molar-refractivity contribution in [3.8, 4) is 0 Å². The van der Waals surface area contributed by atoms with Crippen LogP contribution in [0.1, 0.15) is 34.1 Å². The zero-order valence-corrected chi connectivity index (χ0v) is 17.0. The molecule has 1 saturated heterocycles. The van der Waals surface area contributed by atoms with Gasteiger partial charge < -0.3 is 4.90 Å². The van der Waals surface area contributed by atoms with Crippen LogP contribution in [-0.4, -0.2) is 47.9 Å². The Morgan fingerprint density at radius 1 is 1.31 bits per heavy atom. The van der Waals surface area contributed by atoms with Crippen LogP contribution < -0.4 is 0 Å². The number of halogens is 2. The highest BCUT2D eigenvalue weighted by atomic mass is 35.5. The normalized spacial score (nSPS) is 20.8. The number of hydrogen-bond acceptors (Lipinski definition) is 2.